The highest BCUT2D eigenvalue weighted by molar-refractivity contribution is 7.90. The van der Waals surface area contributed by atoms with Gasteiger partial charge in [0.05, 0.1) is 60.6 Å². The van der Waals surface area contributed by atoms with Gasteiger partial charge in [0.2, 0.25) is 17.8 Å². The molecule has 0 bridgehead atoms. The molecule has 4 aromatic heterocycles. The third-order valence-corrected chi connectivity index (χ3v) is 21.3. The number of likely N-dealkylation sites (tertiary alicyclic amines) is 2. The number of amides is 3. The molecule has 28 heteroatoms. The maximum atomic E-state index is 13.6. The predicted molar refractivity (Wildman–Crippen MR) is 395 cm³/mol. The molecule has 1 unspecified atom stereocenters. The van der Waals surface area contributed by atoms with Crippen LogP contribution in [0, 0.1) is 11.8 Å². The number of hydrogen-bond donors (Lipinski definition) is 5. The first kappa shape index (κ1) is 79.3. The number of carbonyl (C=O) groups excluding carboxylic acids is 3. The molecule has 3 amide bonds. The summed E-state index contributed by atoms with van der Waals surface area (Å²) in [6, 6.07) is 31.6. The zero-order valence-electron chi connectivity index (χ0n) is 55.6. The number of rotatable bonds is 13. The van der Waals surface area contributed by atoms with Crippen molar-refractivity contribution in [3.05, 3.63) is 144 Å². The molecule has 23 nitrogen and oxygen atoms in total. The van der Waals surface area contributed by atoms with Crippen molar-refractivity contribution >= 4 is 113 Å². The fourth-order valence-corrected chi connectivity index (χ4v) is 15.7. The number of ether oxygens (including phenoxy) is 2. The smallest absolute Gasteiger partial charge is 0.410 e. The minimum atomic E-state index is -3.88. The van der Waals surface area contributed by atoms with Crippen LogP contribution >= 0.6 is 35.6 Å². The van der Waals surface area contributed by atoms with Crippen LogP contribution in [0.2, 0.25) is 10.0 Å². The number of piperidine rings is 2. The van der Waals surface area contributed by atoms with Crippen molar-refractivity contribution in [2.45, 2.75) is 179 Å². The largest absolute Gasteiger partial charge is 0.481 e. The van der Waals surface area contributed by atoms with Crippen molar-refractivity contribution in [2.24, 2.45) is 17.6 Å². The van der Waals surface area contributed by atoms with E-state index < -0.39 is 37.2 Å². The van der Waals surface area contributed by atoms with Gasteiger partial charge in [-0.1, -0.05) is 111 Å². The molecule has 0 radical (unpaired) electrons. The minimum Gasteiger partial charge on any atom is -0.481 e. The summed E-state index contributed by atoms with van der Waals surface area (Å²) in [5.74, 6) is -0.384. The second-order valence-corrected chi connectivity index (χ2v) is 31.4. The van der Waals surface area contributed by atoms with Crippen LogP contribution in [0.25, 0.3) is 44.3 Å². The predicted octanol–water partition coefficient (Wildman–Crippen LogP) is 14.6. The molecule has 540 valence electrons. The molecule has 2 aliphatic carbocycles. The molecule has 100 heavy (non-hydrogen) atoms. The topological polar surface area (TPSA) is 305 Å². The summed E-state index contributed by atoms with van der Waals surface area (Å²) >= 11 is 13.1. The number of halogens is 3. The second kappa shape index (κ2) is 34.1. The Hall–Kier alpha value is -8.07. The van der Waals surface area contributed by atoms with E-state index in [4.69, 9.17) is 48.5 Å². The highest BCUT2D eigenvalue weighted by atomic mass is 35.5. The van der Waals surface area contributed by atoms with Gasteiger partial charge in [-0.15, -0.1) is 12.4 Å². The van der Waals surface area contributed by atoms with Gasteiger partial charge in [-0.2, -0.15) is 0 Å². The minimum absolute atomic E-state index is 0. The summed E-state index contributed by atoms with van der Waals surface area (Å²) in [6.45, 7) is 12.9. The average Bonchev–Trinajstić information content (AvgIpc) is 1.61. The van der Waals surface area contributed by atoms with E-state index in [-0.39, 0.29) is 91.1 Å². The van der Waals surface area contributed by atoms with Gasteiger partial charge >= 0.3 is 18.2 Å². The molecule has 6 heterocycles. The van der Waals surface area contributed by atoms with Gasteiger partial charge in [0, 0.05) is 90.6 Å². The lowest BCUT2D eigenvalue weighted by molar-refractivity contribution is -0.143. The number of aromatic nitrogens is 6. The number of anilines is 2. The van der Waals surface area contributed by atoms with Gasteiger partial charge in [-0.3, -0.25) is 9.59 Å². The highest BCUT2D eigenvalue weighted by Gasteiger charge is 2.34. The van der Waals surface area contributed by atoms with Crippen LogP contribution in [0.4, 0.5) is 21.5 Å². The van der Waals surface area contributed by atoms with E-state index in [1.807, 2.05) is 71.9 Å². The molecular weight excluding hydrogens is 1380 g/mol. The Morgan fingerprint density at radius 2 is 0.920 bits per heavy atom. The number of nitrogens with two attached hydrogens (primary N) is 1. The number of nitrogens with one attached hydrogen (secondary N) is 3. The lowest BCUT2D eigenvalue weighted by atomic mass is 9.89. The molecule has 4 aromatic carbocycles. The van der Waals surface area contributed by atoms with Crippen molar-refractivity contribution < 1.29 is 50.6 Å². The fourth-order valence-electron chi connectivity index (χ4n) is 12.5. The summed E-state index contributed by atoms with van der Waals surface area (Å²) in [4.78, 5) is 69.9. The molecule has 2 aliphatic heterocycles. The van der Waals surface area contributed by atoms with Crippen LogP contribution in [0.5, 0.6) is 0 Å². The lowest BCUT2D eigenvalue weighted by Gasteiger charge is -2.35. The van der Waals surface area contributed by atoms with Crippen molar-refractivity contribution in [3.63, 3.8) is 0 Å². The van der Waals surface area contributed by atoms with Gasteiger partial charge < -0.3 is 46.1 Å². The van der Waals surface area contributed by atoms with E-state index in [9.17, 15) is 36.0 Å². The van der Waals surface area contributed by atoms with E-state index in [0.717, 1.165) is 50.3 Å². The number of aliphatic carboxylic acids is 1. The number of hydrogen-bond acceptors (Lipinski definition) is 17. The van der Waals surface area contributed by atoms with Gasteiger partial charge in [-0.25, -0.2) is 54.3 Å². The molecule has 2 saturated carbocycles. The molecular formula is C72H93Cl3N12O11S2. The quantitative estimate of drug-likeness (QED) is 0.0716. The van der Waals surface area contributed by atoms with Crippen LogP contribution in [-0.4, -0.2) is 145 Å². The summed E-state index contributed by atoms with van der Waals surface area (Å²) < 4.78 is 67.3. The second-order valence-electron chi connectivity index (χ2n) is 26.9. The van der Waals surface area contributed by atoms with E-state index in [0.29, 0.717) is 119 Å². The van der Waals surface area contributed by atoms with Gasteiger partial charge in [0.15, 0.2) is 0 Å². The van der Waals surface area contributed by atoms with E-state index >= 15 is 0 Å². The summed E-state index contributed by atoms with van der Waals surface area (Å²) in [6.07, 6.45) is 15.1. The lowest BCUT2D eigenvalue weighted by Crippen LogP contribution is -2.48. The Labute approximate surface area is 602 Å². The van der Waals surface area contributed by atoms with Gasteiger partial charge in [0.1, 0.15) is 11.2 Å². The highest BCUT2D eigenvalue weighted by Crippen LogP contribution is 2.39. The number of carbonyl (C=O) groups is 4. The van der Waals surface area contributed by atoms with Gasteiger partial charge in [0.25, 0.3) is 20.0 Å². The third kappa shape index (κ3) is 19.7. The van der Waals surface area contributed by atoms with Crippen molar-refractivity contribution in [1.29, 1.82) is 0 Å². The zero-order chi connectivity index (χ0) is 69.4. The molecule has 6 N–H and O–H groups in total. The van der Waals surface area contributed by atoms with E-state index in [1.54, 1.807) is 107 Å². The van der Waals surface area contributed by atoms with Crippen molar-refractivity contribution in [3.8, 4) is 22.5 Å². The standard InChI is InChI=1S/C35H41ClN6O5S.C24H24ClN5O2S.C11H19NO4.2CH4.ClH/c1-35(2,3)47-34(44)41-18-16-23(17-19-41)32(43)38-24-10-9-11-25(20-24)39-33-37-21-29(36)31(40-33)28-22-42(30-15-8-7-14-27(28)30)48(45,46)26-12-5-4-6-13-26;25-21-14-27-24(28-17-8-6-7-16(26)13-17)29-23(21)20-15-30(22-12-5-4-11-19(20)22)33(31,32)18-9-2-1-3-10-18;1-11(2,3)16-10(15)12-6-4-8(5-7-12)9(13)14;;;/h4-8,12-15,21-25H,9-11,16-20H2,1-3H3,(H,38,43)(H,37,39,40);1-5,9-12,14-17H,6-8,13,26H2,(H,27,28,29);8H,4-7H2,1-3H3,(H,13,14);2*1H4;1H/t24?,25-;16-,17+;;;;/m10..../s1. The van der Waals surface area contributed by atoms with Crippen LogP contribution in [0.15, 0.2) is 144 Å². The maximum Gasteiger partial charge on any atom is 0.410 e. The van der Waals surface area contributed by atoms with Crippen molar-refractivity contribution in [1.82, 2.24) is 43.0 Å². The molecule has 4 fully saturated rings. The zero-order valence-corrected chi connectivity index (χ0v) is 59.6. The summed E-state index contributed by atoms with van der Waals surface area (Å²) in [5.41, 5.74) is 8.24. The Balaban J connectivity index is 0.000000233. The average molecular weight is 1470 g/mol. The monoisotopic (exact) mass is 1470 g/mol. The molecule has 0 spiro atoms. The van der Waals surface area contributed by atoms with E-state index in [1.165, 1.54) is 14.1 Å². The fraction of sp³-hybridized carbons (Fsp3) is 0.444. The first-order valence-corrected chi connectivity index (χ1v) is 36.4. The third-order valence-electron chi connectivity index (χ3n) is 17.4. The number of fused-ring (bicyclic) bond motifs is 2. The first-order valence-electron chi connectivity index (χ1n) is 32.8. The van der Waals surface area contributed by atoms with Gasteiger partial charge in [-0.05, 0) is 155 Å². The number of benzene rings is 4. The molecule has 12 rings (SSSR count). The van der Waals surface area contributed by atoms with Crippen LogP contribution in [0.3, 0.4) is 0 Å². The van der Waals surface area contributed by atoms with Crippen molar-refractivity contribution in [2.75, 3.05) is 36.8 Å². The number of nitrogens with zero attached hydrogens (tertiary/aromatic N) is 8. The SMILES string of the molecule is C.C.CC(C)(C)OC(=O)N1CCC(C(=O)NC2CCC[C@@H](Nc3ncc(Cl)c(-c4cn(S(=O)(=O)c5ccccc5)c5ccccc45)n3)C2)CC1.CC(C)(C)OC(=O)N1CCC(C(=O)O)CC1.Cl.N[C@H]1CCC[C@@H](Nc2ncc(Cl)c(-c3cn(S(=O)(=O)c4ccccc4)c4ccccc34)n2)C1. The van der Waals surface area contributed by atoms with Crippen LogP contribution in [0.1, 0.15) is 133 Å². The summed E-state index contributed by atoms with van der Waals surface area (Å²) in [5, 5.41) is 21.0. The number of para-hydroxylation sites is 2. The Morgan fingerprint density at radius 3 is 1.33 bits per heavy atom. The maximum absolute atomic E-state index is 13.6. The Bertz CT molecular complexity index is 4350. The number of carboxylic acid groups (broad SMARTS) is 1. The molecule has 4 atom stereocenters. The number of carboxylic acids is 1. The molecule has 8 aromatic rings. The van der Waals surface area contributed by atoms with Crippen LogP contribution < -0.4 is 21.7 Å². The Morgan fingerprint density at radius 1 is 0.540 bits per heavy atom. The first-order chi connectivity index (χ1) is 46.1. The normalized spacial score (nSPS) is 18.4. The van der Waals surface area contributed by atoms with E-state index in [2.05, 4.69) is 30.9 Å². The molecule has 2 saturated heterocycles. The van der Waals surface area contributed by atoms with Crippen LogP contribution in [-0.2, 0) is 39.1 Å². The Kier molecular flexibility index (Phi) is 27.0. The summed E-state index contributed by atoms with van der Waals surface area (Å²) in [7, 11) is -7.68. The molecule has 4 aliphatic rings.